The molecule has 39 heavy (non-hydrogen) atoms. The number of anilines is 1. The molecule has 0 radical (unpaired) electrons. The second-order valence-electron chi connectivity index (χ2n) is 9.66. The zero-order chi connectivity index (χ0) is 26.8. The number of aromatic nitrogens is 2. The maximum atomic E-state index is 11.7. The van der Waals surface area contributed by atoms with Crippen LogP contribution in [0, 0.1) is 11.3 Å². The van der Waals surface area contributed by atoms with Gasteiger partial charge in [-0.15, -0.1) is 0 Å². The molecule has 0 unspecified atom stereocenters. The zero-order valence-electron chi connectivity index (χ0n) is 21.3. The molecule has 2 fully saturated rings. The molecule has 1 atom stereocenters. The fraction of sp³-hybridized carbons (Fsp3) is 0.276. The van der Waals surface area contributed by atoms with Crippen molar-refractivity contribution < 1.29 is 19.5 Å². The number of hydrogen-bond acceptors (Lipinski definition) is 7. The number of hydrogen-bond donors (Lipinski definition) is 3. The van der Waals surface area contributed by atoms with Crippen LogP contribution in [0.25, 0.3) is 33.4 Å². The van der Waals surface area contributed by atoms with Gasteiger partial charge in [0.15, 0.2) is 0 Å². The minimum Gasteiger partial charge on any atom is -0.487 e. The van der Waals surface area contributed by atoms with Gasteiger partial charge < -0.3 is 24.3 Å². The molecule has 0 saturated carbocycles. The average Bonchev–Trinajstić information content (AvgIpc) is 3.65. The van der Waals surface area contributed by atoms with Gasteiger partial charge in [-0.1, -0.05) is 18.2 Å². The van der Waals surface area contributed by atoms with Crippen LogP contribution in [-0.4, -0.2) is 71.6 Å². The highest BCUT2D eigenvalue weighted by Crippen LogP contribution is 2.34. The molecule has 4 aromatic rings. The monoisotopic (exact) mass is 524 g/mol. The molecule has 2 aromatic heterocycles. The molecule has 6 rings (SSSR count). The normalized spacial score (nSPS) is 17.3. The van der Waals surface area contributed by atoms with Crippen molar-refractivity contribution in [2.45, 2.75) is 12.5 Å². The molecular weight excluding hydrogens is 496 g/mol. The predicted molar refractivity (Wildman–Crippen MR) is 146 cm³/mol. The zero-order valence-corrected chi connectivity index (χ0v) is 21.3. The minimum atomic E-state index is -0.558. The number of fused-ring (bicyclic) bond motifs is 1. The minimum absolute atomic E-state index is 0.255. The van der Waals surface area contributed by atoms with Gasteiger partial charge >= 0.3 is 6.03 Å². The van der Waals surface area contributed by atoms with Crippen molar-refractivity contribution in [2.24, 2.45) is 0 Å². The van der Waals surface area contributed by atoms with E-state index in [1.807, 2.05) is 18.2 Å². The Balaban J connectivity index is 1.24. The summed E-state index contributed by atoms with van der Waals surface area (Å²) in [6.45, 7) is 4.10. The Bertz CT molecular complexity index is 1540. The fourth-order valence-electron chi connectivity index (χ4n) is 5.25. The number of nitrogens with zero attached hydrogens (tertiary/aromatic N) is 4. The van der Waals surface area contributed by atoms with E-state index in [2.05, 4.69) is 51.3 Å². The molecular formula is C29H28N6O4. The third kappa shape index (κ3) is 4.97. The maximum absolute atomic E-state index is 11.7. The Labute approximate surface area is 225 Å². The number of urea groups is 1. The first-order valence-corrected chi connectivity index (χ1v) is 12.9. The number of rotatable bonds is 5. The van der Waals surface area contributed by atoms with Gasteiger partial charge in [0.1, 0.15) is 23.6 Å². The Morgan fingerprint density at radius 3 is 2.67 bits per heavy atom. The van der Waals surface area contributed by atoms with Crippen molar-refractivity contribution in [3.8, 4) is 34.2 Å². The number of pyridine rings is 1. The van der Waals surface area contributed by atoms with E-state index in [9.17, 15) is 10.1 Å². The molecule has 10 heteroatoms. The van der Waals surface area contributed by atoms with Crippen LogP contribution in [0.1, 0.15) is 12.0 Å². The smallest absolute Gasteiger partial charge is 0.341 e. The fourth-order valence-corrected chi connectivity index (χ4v) is 5.25. The Morgan fingerprint density at radius 2 is 1.90 bits per heavy atom. The first-order chi connectivity index (χ1) is 19.1. The largest absolute Gasteiger partial charge is 0.487 e. The Morgan fingerprint density at radius 1 is 1.10 bits per heavy atom. The topological polar surface area (TPSA) is 127 Å². The Kier molecular flexibility index (Phi) is 6.75. The van der Waals surface area contributed by atoms with Gasteiger partial charge in [0.2, 0.25) is 0 Å². The summed E-state index contributed by atoms with van der Waals surface area (Å²) in [5, 5.41) is 19.7. The van der Waals surface area contributed by atoms with E-state index in [1.54, 1.807) is 17.7 Å². The van der Waals surface area contributed by atoms with Crippen LogP contribution in [0.4, 0.5) is 10.5 Å². The second kappa shape index (κ2) is 10.6. The summed E-state index contributed by atoms with van der Waals surface area (Å²) in [6.07, 6.45) is 2.12. The van der Waals surface area contributed by atoms with Gasteiger partial charge in [0, 0.05) is 49.0 Å². The van der Waals surface area contributed by atoms with Crippen LogP contribution in [0.5, 0.6) is 5.75 Å². The summed E-state index contributed by atoms with van der Waals surface area (Å²) >= 11 is 0. The lowest BCUT2D eigenvalue weighted by Crippen LogP contribution is -2.37. The van der Waals surface area contributed by atoms with E-state index in [4.69, 9.17) is 14.7 Å². The van der Waals surface area contributed by atoms with Gasteiger partial charge in [0.25, 0.3) is 0 Å². The van der Waals surface area contributed by atoms with Gasteiger partial charge in [-0.2, -0.15) is 5.26 Å². The molecule has 0 bridgehead atoms. The van der Waals surface area contributed by atoms with Crippen molar-refractivity contribution in [2.75, 3.05) is 44.3 Å². The van der Waals surface area contributed by atoms with Crippen molar-refractivity contribution in [3.63, 3.8) is 0 Å². The number of aromatic amines is 1. The van der Waals surface area contributed by atoms with Gasteiger partial charge in [0.05, 0.1) is 25.3 Å². The van der Waals surface area contributed by atoms with Gasteiger partial charge in [-0.3, -0.25) is 5.21 Å². The summed E-state index contributed by atoms with van der Waals surface area (Å²) in [5.74, 6) is 0.470. The summed E-state index contributed by atoms with van der Waals surface area (Å²) in [5.41, 5.74) is 7.90. The molecule has 2 aromatic carbocycles. The van der Waals surface area contributed by atoms with Gasteiger partial charge in [-0.05, 0) is 53.1 Å². The molecule has 2 amide bonds. The predicted octanol–water partition coefficient (Wildman–Crippen LogP) is 4.16. The number of H-pyrrole nitrogens is 1. The summed E-state index contributed by atoms with van der Waals surface area (Å²) in [7, 11) is 0. The van der Waals surface area contributed by atoms with Crippen LogP contribution >= 0.6 is 0 Å². The highest BCUT2D eigenvalue weighted by molar-refractivity contribution is 5.96. The standard InChI is InChI=1S/C29H28N6O4/c30-17-21-15-20(3-6-27(21)39-23-8-10-35(18-23)29(36)33-37)24-7-9-31-28-25(24)16-26(32-28)19-1-4-22(5-2-19)34-11-13-38-14-12-34/h1-7,9,15-16,23,37H,8,10-14,18H2,(H,31,32)(H,33,36)/t23-/m1/s1. The summed E-state index contributed by atoms with van der Waals surface area (Å²) in [4.78, 5) is 23.4. The van der Waals surface area contributed by atoms with E-state index in [-0.39, 0.29) is 6.10 Å². The Hall–Kier alpha value is -4.59. The lowest BCUT2D eigenvalue weighted by atomic mass is 10.0. The number of nitriles is 1. The molecule has 3 N–H and O–H groups in total. The van der Waals surface area contributed by atoms with Crippen LogP contribution in [0.15, 0.2) is 60.8 Å². The first-order valence-electron chi connectivity index (χ1n) is 12.9. The van der Waals surface area contributed by atoms with Gasteiger partial charge in [-0.25, -0.2) is 15.3 Å². The lowest BCUT2D eigenvalue weighted by molar-refractivity contribution is 0.122. The molecule has 0 spiro atoms. The van der Waals surface area contributed by atoms with E-state index in [0.717, 1.165) is 59.7 Å². The van der Waals surface area contributed by atoms with Crippen LogP contribution < -0.4 is 15.1 Å². The SMILES string of the molecule is N#Cc1cc(-c2ccnc3[nH]c(-c4ccc(N5CCOCC5)cc4)cc23)ccc1O[C@@H]1CCN(C(=O)NO)C1. The average molecular weight is 525 g/mol. The quantitative estimate of drug-likeness (QED) is 0.264. The molecule has 2 aliphatic heterocycles. The number of carbonyl (C=O) groups is 1. The van der Waals surface area contributed by atoms with E-state index in [0.29, 0.717) is 30.8 Å². The molecule has 0 aliphatic carbocycles. The van der Waals surface area contributed by atoms with E-state index >= 15 is 0 Å². The summed E-state index contributed by atoms with van der Waals surface area (Å²) in [6, 6.07) is 19.8. The molecule has 198 valence electrons. The number of hydroxylamine groups is 1. The number of amides is 2. The van der Waals surface area contributed by atoms with Crippen molar-refractivity contribution in [1.29, 1.82) is 5.26 Å². The number of nitrogens with one attached hydrogen (secondary N) is 2. The van der Waals surface area contributed by atoms with Crippen LogP contribution in [-0.2, 0) is 4.74 Å². The van der Waals surface area contributed by atoms with Crippen molar-refractivity contribution >= 4 is 22.8 Å². The van der Waals surface area contributed by atoms with Crippen LogP contribution in [0.2, 0.25) is 0 Å². The second-order valence-corrected chi connectivity index (χ2v) is 9.66. The number of ether oxygens (including phenoxy) is 2. The third-order valence-electron chi connectivity index (χ3n) is 7.32. The molecule has 4 heterocycles. The number of benzene rings is 2. The summed E-state index contributed by atoms with van der Waals surface area (Å²) < 4.78 is 11.5. The highest BCUT2D eigenvalue weighted by atomic mass is 16.5. The van der Waals surface area contributed by atoms with Crippen molar-refractivity contribution in [3.05, 3.63) is 66.4 Å². The van der Waals surface area contributed by atoms with Crippen LogP contribution in [0.3, 0.4) is 0 Å². The number of likely N-dealkylation sites (tertiary alicyclic amines) is 1. The lowest BCUT2D eigenvalue weighted by Gasteiger charge is -2.28. The molecule has 2 aliphatic rings. The number of morpholine rings is 1. The van der Waals surface area contributed by atoms with E-state index in [1.165, 1.54) is 10.6 Å². The molecule has 2 saturated heterocycles. The third-order valence-corrected chi connectivity index (χ3v) is 7.32. The molecule has 10 nitrogen and oxygen atoms in total. The number of carbonyl (C=O) groups excluding carboxylic acids is 1. The first kappa shape index (κ1) is 24.7. The maximum Gasteiger partial charge on any atom is 0.341 e. The van der Waals surface area contributed by atoms with Crippen molar-refractivity contribution in [1.82, 2.24) is 20.3 Å². The van der Waals surface area contributed by atoms with E-state index < -0.39 is 6.03 Å². The highest BCUT2D eigenvalue weighted by Gasteiger charge is 2.28.